The lowest BCUT2D eigenvalue weighted by atomic mass is 9.88. The third kappa shape index (κ3) is 4.93. The number of H-pyrrole nitrogens is 1. The van der Waals surface area contributed by atoms with Gasteiger partial charge in [0.1, 0.15) is 5.84 Å². The molecule has 0 amide bonds. The molecule has 1 saturated heterocycles. The topological polar surface area (TPSA) is 86.0 Å². The second-order valence-electron chi connectivity index (χ2n) is 9.74. The normalized spacial score (nSPS) is 19.9. The van der Waals surface area contributed by atoms with E-state index >= 15 is 0 Å². The number of hydrogen-bond donors (Lipinski definition) is 4. The van der Waals surface area contributed by atoms with Crippen molar-refractivity contribution in [2.45, 2.75) is 82.3 Å². The molecule has 0 radical (unpaired) electrons. The molecule has 3 unspecified atom stereocenters. The van der Waals surface area contributed by atoms with Gasteiger partial charge in [-0.25, -0.2) is 0 Å². The summed E-state index contributed by atoms with van der Waals surface area (Å²) in [5, 5.41) is 8.85. The molecule has 1 aromatic heterocycles. The van der Waals surface area contributed by atoms with Crippen molar-refractivity contribution in [3.8, 4) is 11.1 Å². The van der Waals surface area contributed by atoms with Crippen molar-refractivity contribution in [3.63, 3.8) is 0 Å². The summed E-state index contributed by atoms with van der Waals surface area (Å²) in [5.74, 6) is -0.00724. The Balaban J connectivity index is 1.92. The lowest BCUT2D eigenvalue weighted by Crippen LogP contribution is -2.46. The Morgan fingerprint density at radius 1 is 1.21 bits per heavy atom. The lowest BCUT2D eigenvalue weighted by molar-refractivity contribution is 0.0495. The molecule has 0 aliphatic carbocycles. The summed E-state index contributed by atoms with van der Waals surface area (Å²) in [6.07, 6.45) is 7.07. The Morgan fingerprint density at radius 2 is 1.94 bits per heavy atom. The summed E-state index contributed by atoms with van der Waals surface area (Å²) in [7, 11) is 0. The first-order valence-corrected chi connectivity index (χ1v) is 12.9. The molecule has 34 heavy (non-hydrogen) atoms. The van der Waals surface area contributed by atoms with Crippen molar-refractivity contribution < 1.29 is 0 Å². The van der Waals surface area contributed by atoms with Crippen LogP contribution in [0.15, 0.2) is 52.2 Å². The van der Waals surface area contributed by atoms with Gasteiger partial charge >= 0.3 is 0 Å². The van der Waals surface area contributed by atoms with Crippen LogP contribution in [0.5, 0.6) is 0 Å². The highest BCUT2D eigenvalue weighted by Crippen LogP contribution is 2.39. The number of nitrogens with one attached hydrogen (secondary N) is 2. The summed E-state index contributed by atoms with van der Waals surface area (Å²) in [4.78, 5) is 19.8. The molecule has 4 N–H and O–H groups in total. The number of amidine groups is 1. The Labute approximate surface area is 207 Å². The third-order valence-corrected chi connectivity index (χ3v) is 7.53. The number of nitrogens with two attached hydrogens (primary N) is 1. The van der Waals surface area contributed by atoms with Crippen LogP contribution in [0.1, 0.15) is 76.5 Å². The van der Waals surface area contributed by atoms with E-state index in [4.69, 9.17) is 23.8 Å². The molecule has 1 fully saturated rings. The van der Waals surface area contributed by atoms with E-state index in [1.165, 1.54) is 24.8 Å². The van der Waals surface area contributed by atoms with Gasteiger partial charge in [0.2, 0.25) is 0 Å². The van der Waals surface area contributed by atoms with Gasteiger partial charge in [-0.15, -0.1) is 12.6 Å². The van der Waals surface area contributed by atoms with Crippen molar-refractivity contribution in [3.05, 3.63) is 63.9 Å². The fourth-order valence-corrected chi connectivity index (χ4v) is 5.85. The highest BCUT2D eigenvalue weighted by Gasteiger charge is 2.32. The van der Waals surface area contributed by atoms with Gasteiger partial charge in [-0.05, 0) is 68.5 Å². The zero-order valence-electron chi connectivity index (χ0n) is 20.4. The van der Waals surface area contributed by atoms with Gasteiger partial charge in [0, 0.05) is 45.1 Å². The number of pyridine rings is 1. The number of likely N-dealkylation sites (tertiary alicyclic amines) is 1. The number of benzene rings is 2. The van der Waals surface area contributed by atoms with Crippen LogP contribution in [0.25, 0.3) is 22.0 Å². The number of hydrogen-bond acceptors (Lipinski definition) is 4. The number of aromatic nitrogens is 1. The molecule has 1 aliphatic rings. The van der Waals surface area contributed by atoms with E-state index in [0.29, 0.717) is 23.2 Å². The maximum Gasteiger partial charge on any atom is 0.256 e. The monoisotopic (exact) mass is 476 g/mol. The number of nitrogen functional groups attached to an aromatic ring is 1. The standard InChI is InChI=1S/C28H36N4OS/c1-4-5-12-26(32-17(2)8-6-9-18(32)3)24-14-21(34)15-25-23(24)16-22(28(33)31-25)19-10-7-11-20(13-19)27(29)30/h7,10-11,13-18,26,34H,4-6,8-9,12H2,1-3H3,(H3,29,30)(H,31,33). The van der Waals surface area contributed by atoms with Crippen molar-refractivity contribution >= 4 is 29.4 Å². The predicted molar refractivity (Wildman–Crippen MR) is 145 cm³/mol. The van der Waals surface area contributed by atoms with Crippen molar-refractivity contribution in [2.75, 3.05) is 0 Å². The second kappa shape index (κ2) is 10.4. The number of thiol groups is 1. The molecule has 2 aromatic carbocycles. The van der Waals surface area contributed by atoms with Crippen LogP contribution in [0, 0.1) is 5.41 Å². The maximum atomic E-state index is 13.1. The summed E-state index contributed by atoms with van der Waals surface area (Å²) in [6, 6.07) is 14.8. The van der Waals surface area contributed by atoms with E-state index in [9.17, 15) is 4.79 Å². The SMILES string of the molecule is CCCCC(c1cc(S)cc2[nH]c(=O)c(-c3cccc(C(=N)N)c3)cc12)N1C(C)CCCC1C. The first-order chi connectivity index (χ1) is 16.3. The minimum absolute atomic E-state index is 0.00724. The molecule has 6 heteroatoms. The third-order valence-electron chi connectivity index (χ3n) is 7.27. The van der Waals surface area contributed by atoms with Crippen LogP contribution in [-0.4, -0.2) is 27.8 Å². The molecule has 0 spiro atoms. The molecule has 0 bridgehead atoms. The minimum Gasteiger partial charge on any atom is -0.384 e. The Kier molecular flexibility index (Phi) is 7.48. The van der Waals surface area contributed by atoms with Crippen LogP contribution in [0.2, 0.25) is 0 Å². The summed E-state index contributed by atoms with van der Waals surface area (Å²) in [5.41, 5.74) is 9.58. The minimum atomic E-state index is -0.150. The van der Waals surface area contributed by atoms with Crippen LogP contribution in [0.4, 0.5) is 0 Å². The Bertz CT molecular complexity index is 1240. The van der Waals surface area contributed by atoms with E-state index in [0.717, 1.165) is 40.6 Å². The van der Waals surface area contributed by atoms with Crippen LogP contribution in [0.3, 0.4) is 0 Å². The number of fused-ring (bicyclic) bond motifs is 1. The Morgan fingerprint density at radius 3 is 2.62 bits per heavy atom. The van der Waals surface area contributed by atoms with E-state index in [2.05, 4.69) is 36.7 Å². The molecule has 2 heterocycles. The maximum absolute atomic E-state index is 13.1. The smallest absolute Gasteiger partial charge is 0.256 e. The molecular formula is C28H36N4OS. The van der Waals surface area contributed by atoms with Gasteiger partial charge in [-0.1, -0.05) is 44.4 Å². The van der Waals surface area contributed by atoms with Crippen LogP contribution >= 0.6 is 12.6 Å². The van der Waals surface area contributed by atoms with Gasteiger partial charge in [0.05, 0.1) is 0 Å². The fraction of sp³-hybridized carbons (Fsp3) is 0.429. The van der Waals surface area contributed by atoms with Crippen molar-refractivity contribution in [1.29, 1.82) is 5.41 Å². The predicted octanol–water partition coefficient (Wildman–Crippen LogP) is 6.26. The van der Waals surface area contributed by atoms with Gasteiger partial charge in [0.25, 0.3) is 5.56 Å². The molecule has 5 nitrogen and oxygen atoms in total. The summed E-state index contributed by atoms with van der Waals surface area (Å²) >= 11 is 4.71. The van der Waals surface area contributed by atoms with E-state index in [1.807, 2.05) is 30.3 Å². The number of rotatable bonds is 7. The molecule has 3 atom stereocenters. The highest BCUT2D eigenvalue weighted by atomic mass is 32.1. The highest BCUT2D eigenvalue weighted by molar-refractivity contribution is 7.80. The number of unbranched alkanes of at least 4 members (excludes halogenated alkanes) is 1. The molecule has 3 aromatic rings. The number of aromatic amines is 1. The summed E-state index contributed by atoms with van der Waals surface area (Å²) < 4.78 is 0. The first-order valence-electron chi connectivity index (χ1n) is 12.4. The van der Waals surface area contributed by atoms with Gasteiger partial charge in [-0.2, -0.15) is 0 Å². The van der Waals surface area contributed by atoms with E-state index in [1.54, 1.807) is 6.07 Å². The molecule has 4 rings (SSSR count). The average Bonchev–Trinajstić information content (AvgIpc) is 2.80. The molecular weight excluding hydrogens is 440 g/mol. The second-order valence-corrected chi connectivity index (χ2v) is 10.3. The van der Waals surface area contributed by atoms with Gasteiger partial charge in [-0.3, -0.25) is 15.1 Å². The number of piperidine rings is 1. The average molecular weight is 477 g/mol. The fourth-order valence-electron chi connectivity index (χ4n) is 5.59. The quantitative estimate of drug-likeness (QED) is 0.184. The van der Waals surface area contributed by atoms with E-state index in [-0.39, 0.29) is 17.4 Å². The Hall–Kier alpha value is -2.57. The van der Waals surface area contributed by atoms with Gasteiger partial charge < -0.3 is 10.7 Å². The largest absolute Gasteiger partial charge is 0.384 e. The van der Waals surface area contributed by atoms with Crippen LogP contribution in [-0.2, 0) is 0 Å². The van der Waals surface area contributed by atoms with Crippen LogP contribution < -0.4 is 11.3 Å². The van der Waals surface area contributed by atoms with Crippen molar-refractivity contribution in [2.24, 2.45) is 5.73 Å². The van der Waals surface area contributed by atoms with E-state index < -0.39 is 0 Å². The molecule has 1 aliphatic heterocycles. The first kappa shape index (κ1) is 24.6. The van der Waals surface area contributed by atoms with Crippen molar-refractivity contribution in [1.82, 2.24) is 9.88 Å². The molecule has 0 saturated carbocycles. The lowest BCUT2D eigenvalue weighted by Gasteiger charge is -2.45. The van der Waals surface area contributed by atoms with Gasteiger partial charge in [0.15, 0.2) is 0 Å². The summed E-state index contributed by atoms with van der Waals surface area (Å²) in [6.45, 7) is 6.94. The number of nitrogens with zero attached hydrogens (tertiary/aromatic N) is 1. The molecule has 180 valence electrons. The zero-order chi connectivity index (χ0) is 24.4. The zero-order valence-corrected chi connectivity index (χ0v) is 21.3.